The van der Waals surface area contributed by atoms with Crippen molar-refractivity contribution in [2.45, 2.75) is 51.7 Å². The zero-order valence-corrected chi connectivity index (χ0v) is 9.44. The van der Waals surface area contributed by atoms with Crippen molar-refractivity contribution >= 4 is 8.32 Å². The minimum atomic E-state index is -1.97. The minimum absolute atomic E-state index is 0. The average Bonchev–Trinajstić information content (AvgIpc) is 2.00. The molecule has 0 amide bonds. The molecule has 0 aliphatic carbocycles. The van der Waals surface area contributed by atoms with Crippen LogP contribution < -0.4 is 23.7 Å². The molecule has 1 nitrogen and oxygen atoms in total. The first-order chi connectivity index (χ1) is 4.68. The van der Waals surface area contributed by atoms with Crippen molar-refractivity contribution in [3.05, 3.63) is 0 Å². The van der Waals surface area contributed by atoms with Gasteiger partial charge in [-0.1, -0.05) is 51.7 Å². The maximum atomic E-state index is 11.7. The first-order valence-corrected chi connectivity index (χ1v) is 6.92. The molecule has 0 fully saturated rings. The van der Waals surface area contributed by atoms with Crippen molar-refractivity contribution in [2.24, 2.45) is 0 Å². The van der Waals surface area contributed by atoms with Gasteiger partial charge in [0.15, 0.2) is 0 Å². The summed E-state index contributed by atoms with van der Waals surface area (Å²) in [6, 6.07) is 2.84. The second-order valence-electron chi connectivity index (χ2n) is 2.99. The Hall–Kier alpha value is 0.774. The molecule has 0 aliphatic rings. The van der Waals surface area contributed by atoms with Gasteiger partial charge in [-0.3, -0.25) is 0 Å². The molecule has 0 rings (SSSR count). The summed E-state index contributed by atoms with van der Waals surface area (Å²) in [5.74, 6) is 0. The van der Waals surface area contributed by atoms with Crippen LogP contribution in [-0.4, -0.2) is 8.32 Å². The molecule has 0 radical (unpaired) electrons. The van der Waals surface area contributed by atoms with Crippen molar-refractivity contribution in [1.29, 1.82) is 0 Å². The molecule has 0 bridgehead atoms. The van der Waals surface area contributed by atoms with Crippen LogP contribution in [-0.2, 0) is 0 Å². The normalized spacial score (nSPS) is 10.9. The van der Waals surface area contributed by atoms with Crippen LogP contribution >= 0.6 is 0 Å². The van der Waals surface area contributed by atoms with Crippen molar-refractivity contribution in [3.8, 4) is 0 Å². The van der Waals surface area contributed by atoms with Crippen molar-refractivity contribution < 1.29 is 23.7 Å². The molecule has 0 aromatic heterocycles. The molecule has 0 saturated carbocycles. The topological polar surface area (TPSA) is 23.1 Å². The van der Waals surface area contributed by atoms with Gasteiger partial charge in [-0.15, -0.1) is 0 Å². The molecular formula is C8H19LiOSi. The Bertz CT molecular complexity index is 84.2. The van der Waals surface area contributed by atoms with E-state index in [0.29, 0.717) is 0 Å². The van der Waals surface area contributed by atoms with E-state index in [0.717, 1.165) is 24.6 Å². The molecule has 0 saturated heterocycles. The Kier molecular flexibility index (Phi) is 9.66. The third-order valence-corrected chi connectivity index (χ3v) is 6.12. The largest absolute Gasteiger partial charge is 1.00 e. The van der Waals surface area contributed by atoms with Gasteiger partial charge in [0.2, 0.25) is 0 Å². The Morgan fingerprint density at radius 3 is 1.82 bits per heavy atom. The minimum Gasteiger partial charge on any atom is -0.858 e. The Labute approximate surface area is 83.9 Å². The third-order valence-electron chi connectivity index (χ3n) is 2.27. The van der Waals surface area contributed by atoms with E-state index >= 15 is 0 Å². The summed E-state index contributed by atoms with van der Waals surface area (Å²) >= 11 is 0. The van der Waals surface area contributed by atoms with E-state index in [-0.39, 0.29) is 18.9 Å². The summed E-state index contributed by atoms with van der Waals surface area (Å²) in [5.41, 5.74) is 0. The Morgan fingerprint density at radius 1 is 1.09 bits per heavy atom. The molecule has 0 heterocycles. The van der Waals surface area contributed by atoms with Crippen LogP contribution in [0.1, 0.15) is 33.6 Å². The predicted octanol–water partition coefficient (Wildman–Crippen LogP) is -0.864. The van der Waals surface area contributed by atoms with Gasteiger partial charge < -0.3 is 4.80 Å². The zero-order chi connectivity index (χ0) is 8.04. The van der Waals surface area contributed by atoms with Crippen molar-refractivity contribution in [1.82, 2.24) is 0 Å². The van der Waals surface area contributed by atoms with E-state index in [1.165, 1.54) is 6.42 Å². The summed E-state index contributed by atoms with van der Waals surface area (Å²) in [6.45, 7) is 6.26. The van der Waals surface area contributed by atoms with E-state index in [4.69, 9.17) is 0 Å². The predicted molar refractivity (Wildman–Crippen MR) is 46.4 cm³/mol. The molecule has 0 spiro atoms. The summed E-state index contributed by atoms with van der Waals surface area (Å²) in [6.07, 6.45) is 2.33. The van der Waals surface area contributed by atoms with Crippen molar-refractivity contribution in [2.75, 3.05) is 0 Å². The standard InChI is InChI=1S/C8H19OSi.Li/c1-4-7-8-10(9,5-2)6-3;/h4-8H2,1-3H3;/q-1;+1. The van der Waals surface area contributed by atoms with Crippen LogP contribution in [0.15, 0.2) is 0 Å². The van der Waals surface area contributed by atoms with Crippen molar-refractivity contribution in [3.63, 3.8) is 0 Å². The fraction of sp³-hybridized carbons (Fsp3) is 1.00. The van der Waals surface area contributed by atoms with Gasteiger partial charge in [-0.2, -0.15) is 0 Å². The Balaban J connectivity index is 0. The monoisotopic (exact) mass is 166 g/mol. The first kappa shape index (κ1) is 14.3. The second-order valence-corrected chi connectivity index (χ2v) is 7.27. The molecule has 11 heavy (non-hydrogen) atoms. The van der Waals surface area contributed by atoms with Crippen LogP contribution in [0.4, 0.5) is 0 Å². The van der Waals surface area contributed by atoms with Crippen LogP contribution in [0, 0.1) is 0 Å². The molecule has 62 valence electrons. The fourth-order valence-corrected chi connectivity index (χ4v) is 3.31. The summed E-state index contributed by atoms with van der Waals surface area (Å²) in [4.78, 5) is 11.7. The first-order valence-electron chi connectivity index (χ1n) is 4.39. The maximum Gasteiger partial charge on any atom is 1.00 e. The molecule has 0 unspecified atom stereocenters. The smallest absolute Gasteiger partial charge is 0.858 e. The number of unbranched alkanes of at least 4 members (excludes halogenated alkanes) is 1. The number of hydrogen-bond acceptors (Lipinski definition) is 1. The molecule has 0 aromatic rings. The molecular weight excluding hydrogens is 147 g/mol. The van der Waals surface area contributed by atoms with Crippen LogP contribution in [0.3, 0.4) is 0 Å². The van der Waals surface area contributed by atoms with E-state index in [2.05, 4.69) is 20.8 Å². The van der Waals surface area contributed by atoms with Gasteiger partial charge in [-0.05, 0) is 8.32 Å². The van der Waals surface area contributed by atoms with E-state index in [1.807, 2.05) is 0 Å². The SMILES string of the molecule is CCCC[Si]([O-])(CC)CC.[Li+]. The molecule has 0 aliphatic heterocycles. The van der Waals surface area contributed by atoms with E-state index < -0.39 is 8.32 Å². The summed E-state index contributed by atoms with van der Waals surface area (Å²) < 4.78 is 0. The van der Waals surface area contributed by atoms with Crippen LogP contribution in [0.5, 0.6) is 0 Å². The zero-order valence-electron chi connectivity index (χ0n) is 8.44. The van der Waals surface area contributed by atoms with Gasteiger partial charge >= 0.3 is 18.9 Å². The molecule has 0 aromatic carbocycles. The van der Waals surface area contributed by atoms with Crippen LogP contribution in [0.25, 0.3) is 0 Å². The fourth-order valence-electron chi connectivity index (χ4n) is 1.10. The molecule has 3 heteroatoms. The van der Waals surface area contributed by atoms with Gasteiger partial charge in [-0.25, -0.2) is 0 Å². The number of hydrogen-bond donors (Lipinski definition) is 0. The average molecular weight is 166 g/mol. The second kappa shape index (κ2) is 7.42. The van der Waals surface area contributed by atoms with E-state index in [1.54, 1.807) is 0 Å². The van der Waals surface area contributed by atoms with Crippen LogP contribution in [0.2, 0.25) is 18.1 Å². The molecule has 0 N–H and O–H groups in total. The van der Waals surface area contributed by atoms with Gasteiger partial charge in [0.25, 0.3) is 0 Å². The summed E-state index contributed by atoms with van der Waals surface area (Å²) in [7, 11) is -1.97. The quantitative estimate of drug-likeness (QED) is 0.487. The van der Waals surface area contributed by atoms with E-state index in [9.17, 15) is 4.80 Å². The Morgan fingerprint density at radius 2 is 1.55 bits per heavy atom. The van der Waals surface area contributed by atoms with Gasteiger partial charge in [0.1, 0.15) is 0 Å². The summed E-state index contributed by atoms with van der Waals surface area (Å²) in [5, 5.41) is 0. The number of rotatable bonds is 5. The maximum absolute atomic E-state index is 11.7. The third kappa shape index (κ3) is 5.98. The van der Waals surface area contributed by atoms with Gasteiger partial charge in [0.05, 0.1) is 0 Å². The molecule has 0 atom stereocenters. The van der Waals surface area contributed by atoms with Gasteiger partial charge in [0, 0.05) is 0 Å².